The Morgan fingerprint density at radius 2 is 2.05 bits per heavy atom. The highest BCUT2D eigenvalue weighted by molar-refractivity contribution is 5.31. The lowest BCUT2D eigenvalue weighted by molar-refractivity contribution is 0.280. The summed E-state index contributed by atoms with van der Waals surface area (Å²) >= 11 is 0. The van der Waals surface area contributed by atoms with Crippen LogP contribution >= 0.6 is 0 Å². The molecule has 2 aromatic rings. The summed E-state index contributed by atoms with van der Waals surface area (Å²) in [6.45, 7) is 6.13. The maximum absolute atomic E-state index is 4.39. The van der Waals surface area contributed by atoms with E-state index in [-0.39, 0.29) is 0 Å². The van der Waals surface area contributed by atoms with E-state index in [4.69, 9.17) is 0 Å². The van der Waals surface area contributed by atoms with Gasteiger partial charge in [-0.25, -0.2) is 4.98 Å². The van der Waals surface area contributed by atoms with E-state index < -0.39 is 0 Å². The van der Waals surface area contributed by atoms with E-state index in [1.165, 1.54) is 16.7 Å². The molecular formula is C17H26N4. The number of rotatable bonds is 6. The molecule has 1 atom stereocenters. The molecule has 4 nitrogen and oxygen atoms in total. The number of aromatic nitrogens is 2. The zero-order valence-corrected chi connectivity index (χ0v) is 13.7. The van der Waals surface area contributed by atoms with Gasteiger partial charge in [-0.15, -0.1) is 0 Å². The van der Waals surface area contributed by atoms with Gasteiger partial charge in [0, 0.05) is 32.0 Å². The maximum Gasteiger partial charge on any atom is 0.122 e. The molecule has 0 bridgehead atoms. The summed E-state index contributed by atoms with van der Waals surface area (Å²) < 4.78 is 2.07. The highest BCUT2D eigenvalue weighted by Crippen LogP contribution is 2.18. The predicted octanol–water partition coefficient (Wildman–Crippen LogP) is 2.43. The first-order chi connectivity index (χ1) is 10.0. The maximum atomic E-state index is 4.39. The zero-order chi connectivity index (χ0) is 15.4. The first-order valence-electron chi connectivity index (χ1n) is 7.40. The van der Waals surface area contributed by atoms with Crippen molar-refractivity contribution in [2.24, 2.45) is 7.05 Å². The molecule has 1 N–H and O–H groups in total. The van der Waals surface area contributed by atoms with E-state index in [0.717, 1.165) is 18.9 Å². The Balaban J connectivity index is 2.04. The summed E-state index contributed by atoms with van der Waals surface area (Å²) in [5.41, 5.74) is 4.03. The lowest BCUT2D eigenvalue weighted by atomic mass is 10.0. The van der Waals surface area contributed by atoms with Crippen LogP contribution in [0.1, 0.15) is 28.6 Å². The van der Waals surface area contributed by atoms with Crippen LogP contribution in [0.25, 0.3) is 0 Å². The molecule has 2 rings (SSSR count). The number of nitrogens with one attached hydrogen (secondary N) is 1. The Morgan fingerprint density at radius 1 is 1.29 bits per heavy atom. The van der Waals surface area contributed by atoms with Crippen LogP contribution in [0.2, 0.25) is 0 Å². The number of imidazole rings is 1. The Morgan fingerprint density at radius 3 is 2.62 bits per heavy atom. The first kappa shape index (κ1) is 15.7. The fourth-order valence-corrected chi connectivity index (χ4v) is 2.51. The van der Waals surface area contributed by atoms with Crippen LogP contribution < -0.4 is 5.32 Å². The molecule has 1 heterocycles. The van der Waals surface area contributed by atoms with Crippen molar-refractivity contribution in [3.8, 4) is 0 Å². The monoisotopic (exact) mass is 286 g/mol. The van der Waals surface area contributed by atoms with Crippen molar-refractivity contribution >= 4 is 0 Å². The minimum atomic E-state index is 0.328. The van der Waals surface area contributed by atoms with Crippen LogP contribution in [0.5, 0.6) is 0 Å². The van der Waals surface area contributed by atoms with Crippen molar-refractivity contribution < 1.29 is 0 Å². The van der Waals surface area contributed by atoms with Crippen LogP contribution in [0.3, 0.4) is 0 Å². The van der Waals surface area contributed by atoms with E-state index in [9.17, 15) is 0 Å². The van der Waals surface area contributed by atoms with Gasteiger partial charge < -0.3 is 9.88 Å². The second-order valence-corrected chi connectivity index (χ2v) is 5.84. The number of likely N-dealkylation sites (N-methyl/N-ethyl adjacent to an activating group) is 2. The SMILES string of the molecule is CNC(CN(C)Cc1nccn1C)c1ccc(C)c(C)c1. The summed E-state index contributed by atoms with van der Waals surface area (Å²) in [6.07, 6.45) is 3.84. The smallest absolute Gasteiger partial charge is 0.122 e. The third kappa shape index (κ3) is 3.93. The molecule has 1 unspecified atom stereocenters. The van der Waals surface area contributed by atoms with Gasteiger partial charge in [-0.2, -0.15) is 0 Å². The van der Waals surface area contributed by atoms with E-state index in [1.807, 2.05) is 26.5 Å². The Bertz CT molecular complexity index is 588. The van der Waals surface area contributed by atoms with Crippen LogP contribution in [0.4, 0.5) is 0 Å². The van der Waals surface area contributed by atoms with Gasteiger partial charge >= 0.3 is 0 Å². The minimum Gasteiger partial charge on any atom is -0.337 e. The van der Waals surface area contributed by atoms with Gasteiger partial charge in [0.05, 0.1) is 6.54 Å². The Labute approximate surface area is 127 Å². The first-order valence-corrected chi connectivity index (χ1v) is 7.40. The number of nitrogens with zero attached hydrogens (tertiary/aromatic N) is 3. The lowest BCUT2D eigenvalue weighted by Crippen LogP contribution is -2.31. The topological polar surface area (TPSA) is 33.1 Å². The van der Waals surface area contributed by atoms with Crippen molar-refractivity contribution in [3.63, 3.8) is 0 Å². The third-order valence-electron chi connectivity index (χ3n) is 4.11. The molecule has 0 amide bonds. The molecule has 0 radical (unpaired) electrons. The van der Waals surface area contributed by atoms with Crippen LogP contribution in [0.15, 0.2) is 30.6 Å². The van der Waals surface area contributed by atoms with E-state index >= 15 is 0 Å². The molecule has 0 saturated heterocycles. The third-order valence-corrected chi connectivity index (χ3v) is 4.11. The predicted molar refractivity (Wildman–Crippen MR) is 87.3 cm³/mol. The van der Waals surface area contributed by atoms with Gasteiger partial charge in [-0.05, 0) is 44.6 Å². The normalized spacial score (nSPS) is 12.9. The summed E-state index contributed by atoms with van der Waals surface area (Å²) in [5, 5.41) is 3.42. The van der Waals surface area contributed by atoms with Crippen molar-refractivity contribution in [3.05, 3.63) is 53.1 Å². The average molecular weight is 286 g/mol. The number of hydrogen-bond donors (Lipinski definition) is 1. The fraction of sp³-hybridized carbons (Fsp3) is 0.471. The zero-order valence-electron chi connectivity index (χ0n) is 13.7. The van der Waals surface area contributed by atoms with Crippen LogP contribution in [0, 0.1) is 13.8 Å². The molecule has 0 aliphatic carbocycles. The number of hydrogen-bond acceptors (Lipinski definition) is 3. The van der Waals surface area contributed by atoms with Crippen LogP contribution in [-0.4, -0.2) is 35.1 Å². The van der Waals surface area contributed by atoms with Gasteiger partial charge in [0.25, 0.3) is 0 Å². The van der Waals surface area contributed by atoms with Gasteiger partial charge in [-0.3, -0.25) is 4.90 Å². The summed E-state index contributed by atoms with van der Waals surface area (Å²) in [5.74, 6) is 1.09. The molecule has 1 aromatic heterocycles. The quantitative estimate of drug-likeness (QED) is 0.885. The fourth-order valence-electron chi connectivity index (χ4n) is 2.51. The van der Waals surface area contributed by atoms with E-state index in [1.54, 1.807) is 0 Å². The molecule has 0 aliphatic rings. The number of aryl methyl sites for hydroxylation is 3. The van der Waals surface area contributed by atoms with E-state index in [2.05, 4.69) is 58.9 Å². The van der Waals surface area contributed by atoms with Gasteiger partial charge in [0.1, 0.15) is 5.82 Å². The molecule has 114 valence electrons. The summed E-state index contributed by atoms with van der Waals surface area (Å²) in [4.78, 5) is 6.69. The molecule has 0 aliphatic heterocycles. The molecule has 1 aromatic carbocycles. The highest BCUT2D eigenvalue weighted by atomic mass is 15.2. The van der Waals surface area contributed by atoms with Gasteiger partial charge in [0.2, 0.25) is 0 Å². The summed E-state index contributed by atoms with van der Waals surface area (Å²) in [6, 6.07) is 7.03. The second kappa shape index (κ2) is 6.87. The largest absolute Gasteiger partial charge is 0.337 e. The second-order valence-electron chi connectivity index (χ2n) is 5.84. The molecule has 0 spiro atoms. The molecule has 0 saturated carbocycles. The molecular weight excluding hydrogens is 260 g/mol. The van der Waals surface area contributed by atoms with Gasteiger partial charge in [0.15, 0.2) is 0 Å². The molecule has 0 fully saturated rings. The van der Waals surface area contributed by atoms with Crippen molar-refractivity contribution in [2.45, 2.75) is 26.4 Å². The minimum absolute atomic E-state index is 0.328. The Kier molecular flexibility index (Phi) is 5.15. The van der Waals surface area contributed by atoms with Gasteiger partial charge in [-0.1, -0.05) is 18.2 Å². The standard InChI is InChI=1S/C17H26N4/c1-13-6-7-15(10-14(13)2)16(18-3)11-20(4)12-17-19-8-9-21(17)5/h6-10,16,18H,11-12H2,1-5H3. The molecule has 4 heteroatoms. The lowest BCUT2D eigenvalue weighted by Gasteiger charge is -2.24. The van der Waals surface area contributed by atoms with Crippen molar-refractivity contribution in [2.75, 3.05) is 20.6 Å². The average Bonchev–Trinajstić information content (AvgIpc) is 2.85. The van der Waals surface area contributed by atoms with E-state index in [0.29, 0.717) is 6.04 Å². The van der Waals surface area contributed by atoms with Crippen LogP contribution in [-0.2, 0) is 13.6 Å². The molecule has 21 heavy (non-hydrogen) atoms. The van der Waals surface area contributed by atoms with Crippen molar-refractivity contribution in [1.29, 1.82) is 0 Å². The summed E-state index contributed by atoms with van der Waals surface area (Å²) in [7, 11) is 6.20. The Hall–Kier alpha value is -1.65. The highest BCUT2D eigenvalue weighted by Gasteiger charge is 2.14. The van der Waals surface area contributed by atoms with Crippen molar-refractivity contribution in [1.82, 2.24) is 19.8 Å². The number of benzene rings is 1.